The number of rotatable bonds is 4. The van der Waals surface area contributed by atoms with Crippen LogP contribution in [0.25, 0.3) is 11.3 Å². The standard InChI is InChI=1S/C27H29N5O3.C2H6/c1-26(2,3)35-25(33)31-16-27(17-31)13-19(14-27)32-24(29)22(15-28)23(30-32)18-9-11-21(12-10-18)34-20-7-5-4-6-8-20;1-2/h4-12,19H,13-14,16-17,29H2,1-3H3;1-2H3. The van der Waals surface area contributed by atoms with Crippen molar-refractivity contribution in [3.05, 3.63) is 60.2 Å². The SMILES string of the molecule is CC.CC(C)(C)OC(=O)N1CC2(CC(n3nc(-c4ccc(Oc5ccccc5)cc4)c(C#N)c3N)C2)C1. The molecular formula is C29H35N5O3. The van der Waals surface area contributed by atoms with E-state index in [1.165, 1.54) is 0 Å². The second kappa shape index (κ2) is 10.2. The summed E-state index contributed by atoms with van der Waals surface area (Å²) in [7, 11) is 0. The summed E-state index contributed by atoms with van der Waals surface area (Å²) in [5.74, 6) is 1.84. The Kier molecular flexibility index (Phi) is 7.17. The summed E-state index contributed by atoms with van der Waals surface area (Å²) in [6.45, 7) is 11.0. The number of nitrogens with two attached hydrogens (primary N) is 1. The van der Waals surface area contributed by atoms with Crippen molar-refractivity contribution >= 4 is 11.9 Å². The number of benzene rings is 2. The Balaban J connectivity index is 0.00000156. The molecule has 1 saturated carbocycles. The maximum absolute atomic E-state index is 12.3. The summed E-state index contributed by atoms with van der Waals surface area (Å²) in [6.07, 6.45) is 1.47. The van der Waals surface area contributed by atoms with Gasteiger partial charge in [0.1, 0.15) is 40.2 Å². The van der Waals surface area contributed by atoms with Crippen LogP contribution in [0.5, 0.6) is 11.5 Å². The van der Waals surface area contributed by atoms with E-state index in [1.807, 2.05) is 89.2 Å². The summed E-state index contributed by atoms with van der Waals surface area (Å²) in [6, 6.07) is 19.4. The molecule has 2 aromatic carbocycles. The minimum atomic E-state index is -0.499. The van der Waals surface area contributed by atoms with Gasteiger partial charge >= 0.3 is 6.09 Å². The van der Waals surface area contributed by atoms with Gasteiger partial charge < -0.3 is 20.1 Å². The fourth-order valence-electron chi connectivity index (χ4n) is 4.93. The van der Waals surface area contributed by atoms with Gasteiger partial charge in [0.05, 0.1) is 6.04 Å². The molecule has 8 nitrogen and oxygen atoms in total. The van der Waals surface area contributed by atoms with E-state index in [0.717, 1.165) is 24.2 Å². The lowest BCUT2D eigenvalue weighted by Gasteiger charge is -2.58. The molecule has 1 saturated heterocycles. The molecule has 0 bridgehead atoms. The van der Waals surface area contributed by atoms with Gasteiger partial charge in [0.25, 0.3) is 0 Å². The third kappa shape index (κ3) is 5.41. The highest BCUT2D eigenvalue weighted by molar-refractivity contribution is 5.73. The Morgan fingerprint density at radius 3 is 2.22 bits per heavy atom. The Hall–Kier alpha value is -3.99. The molecule has 0 unspecified atom stereocenters. The number of hydrogen-bond donors (Lipinski definition) is 1. The number of para-hydroxylation sites is 1. The number of nitrogens with zero attached hydrogens (tertiary/aromatic N) is 4. The molecule has 0 radical (unpaired) electrons. The van der Waals surface area contributed by atoms with Gasteiger partial charge in [-0.25, -0.2) is 9.48 Å². The Labute approximate surface area is 218 Å². The molecule has 1 spiro atoms. The minimum Gasteiger partial charge on any atom is -0.457 e. The average molecular weight is 502 g/mol. The predicted molar refractivity (Wildman–Crippen MR) is 143 cm³/mol. The Morgan fingerprint density at radius 1 is 1.05 bits per heavy atom. The molecule has 194 valence electrons. The number of nitrogen functional groups attached to an aromatic ring is 1. The van der Waals surface area contributed by atoms with Crippen LogP contribution in [0.1, 0.15) is 59.1 Å². The number of amides is 1. The van der Waals surface area contributed by atoms with Crippen LogP contribution in [0.15, 0.2) is 54.6 Å². The third-order valence-electron chi connectivity index (χ3n) is 6.55. The minimum absolute atomic E-state index is 0.0867. The first kappa shape index (κ1) is 26.1. The van der Waals surface area contributed by atoms with Crippen molar-refractivity contribution in [1.82, 2.24) is 14.7 Å². The smallest absolute Gasteiger partial charge is 0.410 e. The molecule has 37 heavy (non-hydrogen) atoms. The van der Waals surface area contributed by atoms with E-state index in [2.05, 4.69) is 6.07 Å². The highest BCUT2D eigenvalue weighted by Crippen LogP contribution is 2.55. The number of carbonyl (C=O) groups excluding carboxylic acids is 1. The number of aromatic nitrogens is 2. The molecule has 3 aromatic rings. The van der Waals surface area contributed by atoms with Gasteiger partial charge in [-0.2, -0.15) is 10.4 Å². The summed E-state index contributed by atoms with van der Waals surface area (Å²) < 4.78 is 13.1. The van der Waals surface area contributed by atoms with Crippen molar-refractivity contribution in [2.24, 2.45) is 5.41 Å². The van der Waals surface area contributed by atoms with E-state index in [1.54, 1.807) is 9.58 Å². The summed E-state index contributed by atoms with van der Waals surface area (Å²) >= 11 is 0. The number of carbonyl (C=O) groups is 1. The molecule has 0 atom stereocenters. The van der Waals surface area contributed by atoms with E-state index < -0.39 is 5.60 Å². The van der Waals surface area contributed by atoms with Crippen LogP contribution in [0.2, 0.25) is 0 Å². The van der Waals surface area contributed by atoms with Gasteiger partial charge in [0.2, 0.25) is 0 Å². The number of hydrogen-bond acceptors (Lipinski definition) is 6. The second-order valence-corrected chi connectivity index (χ2v) is 10.5. The van der Waals surface area contributed by atoms with Gasteiger partial charge in [-0.3, -0.25) is 0 Å². The first-order chi connectivity index (χ1) is 17.7. The number of ether oxygens (including phenoxy) is 2. The fraction of sp³-hybridized carbons (Fsp3) is 0.414. The zero-order chi connectivity index (χ0) is 26.8. The summed E-state index contributed by atoms with van der Waals surface area (Å²) in [5, 5.41) is 14.5. The van der Waals surface area contributed by atoms with Crippen LogP contribution < -0.4 is 10.5 Å². The van der Waals surface area contributed by atoms with Crippen LogP contribution in [-0.2, 0) is 4.74 Å². The second-order valence-electron chi connectivity index (χ2n) is 10.5. The number of anilines is 1. The van der Waals surface area contributed by atoms with Crippen molar-refractivity contribution in [1.29, 1.82) is 5.26 Å². The third-order valence-corrected chi connectivity index (χ3v) is 6.55. The lowest BCUT2D eigenvalue weighted by atomic mass is 9.61. The van der Waals surface area contributed by atoms with Gasteiger partial charge in [-0.1, -0.05) is 32.0 Å². The molecule has 5 rings (SSSR count). The van der Waals surface area contributed by atoms with E-state index in [-0.39, 0.29) is 17.6 Å². The van der Waals surface area contributed by atoms with Gasteiger partial charge in [-0.15, -0.1) is 0 Å². The van der Waals surface area contributed by atoms with Gasteiger partial charge in [0.15, 0.2) is 0 Å². The molecule has 1 amide bonds. The topological polar surface area (TPSA) is 106 Å². The molecule has 2 heterocycles. The Morgan fingerprint density at radius 2 is 1.65 bits per heavy atom. The molecule has 2 N–H and O–H groups in total. The van der Waals surface area contributed by atoms with Crippen LogP contribution >= 0.6 is 0 Å². The highest BCUT2D eigenvalue weighted by Gasteiger charge is 2.55. The van der Waals surface area contributed by atoms with Crippen molar-refractivity contribution in [3.8, 4) is 28.8 Å². The normalized spacial score (nSPS) is 16.1. The largest absolute Gasteiger partial charge is 0.457 e. The predicted octanol–water partition coefficient (Wildman–Crippen LogP) is 6.39. The lowest BCUT2D eigenvalue weighted by molar-refractivity contribution is -0.0923. The van der Waals surface area contributed by atoms with E-state index >= 15 is 0 Å². The van der Waals surface area contributed by atoms with Crippen molar-refractivity contribution in [2.75, 3.05) is 18.8 Å². The van der Waals surface area contributed by atoms with Gasteiger partial charge in [0, 0.05) is 24.1 Å². The summed E-state index contributed by atoms with van der Waals surface area (Å²) in [4.78, 5) is 14.0. The number of nitriles is 1. The zero-order valence-corrected chi connectivity index (χ0v) is 22.2. The average Bonchev–Trinajstić information content (AvgIpc) is 3.14. The van der Waals surface area contributed by atoms with Crippen LogP contribution in [0.3, 0.4) is 0 Å². The Bertz CT molecular complexity index is 1270. The van der Waals surface area contributed by atoms with Crippen molar-refractivity contribution in [2.45, 2.75) is 59.1 Å². The fourth-order valence-corrected chi connectivity index (χ4v) is 4.93. The molecular weight excluding hydrogens is 466 g/mol. The van der Waals surface area contributed by atoms with Crippen molar-refractivity contribution in [3.63, 3.8) is 0 Å². The van der Waals surface area contributed by atoms with Crippen LogP contribution in [0.4, 0.5) is 10.6 Å². The van der Waals surface area contributed by atoms with E-state index in [4.69, 9.17) is 20.3 Å². The van der Waals surface area contributed by atoms with Crippen molar-refractivity contribution < 1.29 is 14.3 Å². The molecule has 1 aromatic heterocycles. The van der Waals surface area contributed by atoms with Crippen LogP contribution in [0, 0.1) is 16.7 Å². The summed E-state index contributed by atoms with van der Waals surface area (Å²) in [5.41, 5.74) is 7.70. The molecule has 2 aliphatic rings. The quantitative estimate of drug-likeness (QED) is 0.444. The van der Waals surface area contributed by atoms with Gasteiger partial charge in [-0.05, 0) is 70.0 Å². The lowest BCUT2D eigenvalue weighted by Crippen LogP contribution is -2.64. The molecule has 8 heteroatoms. The molecule has 1 aliphatic carbocycles. The highest BCUT2D eigenvalue weighted by atomic mass is 16.6. The first-order valence-electron chi connectivity index (χ1n) is 12.8. The maximum atomic E-state index is 12.3. The van der Waals surface area contributed by atoms with Crippen LogP contribution in [-0.4, -0.2) is 39.5 Å². The first-order valence-corrected chi connectivity index (χ1v) is 12.8. The maximum Gasteiger partial charge on any atom is 0.410 e. The molecule has 1 aliphatic heterocycles. The number of likely N-dealkylation sites (tertiary alicyclic amines) is 1. The van der Waals surface area contributed by atoms with E-state index in [0.29, 0.717) is 35.9 Å². The zero-order valence-electron chi connectivity index (χ0n) is 22.2. The molecule has 2 fully saturated rings. The van der Waals surface area contributed by atoms with E-state index in [9.17, 15) is 10.1 Å². The monoisotopic (exact) mass is 501 g/mol.